The zero-order valence-corrected chi connectivity index (χ0v) is 16.9. The van der Waals surface area contributed by atoms with Crippen LogP contribution in [0.2, 0.25) is 0 Å². The fourth-order valence-corrected chi connectivity index (χ4v) is 3.85. The van der Waals surface area contributed by atoms with Gasteiger partial charge < -0.3 is 10.6 Å². The van der Waals surface area contributed by atoms with E-state index in [-0.39, 0.29) is 0 Å². The normalized spacial score (nSPS) is 20.9. The second-order valence-corrected chi connectivity index (χ2v) is 8.34. The first-order chi connectivity index (χ1) is 11.7. The Kier molecular flexibility index (Phi) is 6.90. The zero-order valence-electron chi connectivity index (χ0n) is 13.8. The lowest BCUT2D eigenvalue weighted by atomic mass is 9.90. The molecule has 4 heteroatoms. The summed E-state index contributed by atoms with van der Waals surface area (Å²) < 4.78 is 2.27. The average molecular weight is 452 g/mol. The molecule has 0 aliphatic heterocycles. The van der Waals surface area contributed by atoms with Crippen molar-refractivity contribution < 1.29 is 0 Å². The summed E-state index contributed by atoms with van der Waals surface area (Å²) in [6.45, 7) is 1.88. The molecule has 2 nitrogen and oxygen atoms in total. The van der Waals surface area contributed by atoms with Gasteiger partial charge >= 0.3 is 0 Å². The maximum atomic E-state index is 3.77. The van der Waals surface area contributed by atoms with Gasteiger partial charge in [0.1, 0.15) is 0 Å². The van der Waals surface area contributed by atoms with E-state index < -0.39 is 0 Å². The van der Waals surface area contributed by atoms with Crippen LogP contribution in [0.4, 0.5) is 0 Å². The van der Waals surface area contributed by atoms with Crippen molar-refractivity contribution in [2.45, 2.75) is 50.9 Å². The lowest BCUT2D eigenvalue weighted by Crippen LogP contribution is -2.49. The Morgan fingerprint density at radius 2 is 1.04 bits per heavy atom. The predicted octanol–water partition coefficient (Wildman–Crippen LogP) is 5.40. The highest BCUT2D eigenvalue weighted by Gasteiger charge is 2.24. The van der Waals surface area contributed by atoms with Crippen LogP contribution in [0.25, 0.3) is 0 Å². The van der Waals surface area contributed by atoms with Crippen molar-refractivity contribution in [1.82, 2.24) is 10.6 Å². The quantitative estimate of drug-likeness (QED) is 0.614. The molecule has 0 bridgehead atoms. The molecule has 2 aromatic rings. The molecule has 0 saturated heterocycles. The predicted molar refractivity (Wildman–Crippen MR) is 108 cm³/mol. The number of hydrogen-bond acceptors (Lipinski definition) is 2. The molecule has 128 valence electrons. The van der Waals surface area contributed by atoms with E-state index in [2.05, 4.69) is 91.0 Å². The standard InChI is InChI=1S/C20H24Br2N2/c21-17-9-5-15(6-10-17)13-23-19-3-1-2-4-20(19)24-14-16-7-11-18(22)12-8-16/h5-12,19-20,23-24H,1-4,13-14H2/t19-,20?/m1/s1. The highest BCUT2D eigenvalue weighted by molar-refractivity contribution is 9.10. The molecule has 1 fully saturated rings. The Balaban J connectivity index is 1.52. The third-order valence-corrected chi connectivity index (χ3v) is 5.79. The molecule has 0 amide bonds. The average Bonchev–Trinajstić information content (AvgIpc) is 2.61. The Morgan fingerprint density at radius 1 is 0.667 bits per heavy atom. The van der Waals surface area contributed by atoms with Crippen LogP contribution in [0, 0.1) is 0 Å². The molecule has 24 heavy (non-hydrogen) atoms. The molecule has 1 unspecified atom stereocenters. The highest BCUT2D eigenvalue weighted by atomic mass is 79.9. The van der Waals surface area contributed by atoms with Crippen LogP contribution >= 0.6 is 31.9 Å². The molecule has 1 saturated carbocycles. The van der Waals surface area contributed by atoms with E-state index in [1.807, 2.05) is 0 Å². The number of benzene rings is 2. The van der Waals surface area contributed by atoms with Crippen LogP contribution in [0.5, 0.6) is 0 Å². The highest BCUT2D eigenvalue weighted by Crippen LogP contribution is 2.20. The van der Waals surface area contributed by atoms with Crippen LogP contribution in [-0.2, 0) is 13.1 Å². The Bertz CT molecular complexity index is 568. The summed E-state index contributed by atoms with van der Waals surface area (Å²) in [7, 11) is 0. The molecule has 0 spiro atoms. The maximum absolute atomic E-state index is 3.77. The van der Waals surface area contributed by atoms with E-state index in [1.54, 1.807) is 0 Å². The van der Waals surface area contributed by atoms with Crippen molar-refractivity contribution in [1.29, 1.82) is 0 Å². The van der Waals surface area contributed by atoms with Crippen LogP contribution in [0.15, 0.2) is 57.5 Å². The first-order valence-electron chi connectivity index (χ1n) is 8.66. The van der Waals surface area contributed by atoms with Gasteiger partial charge in [-0.1, -0.05) is 69.0 Å². The van der Waals surface area contributed by atoms with Gasteiger partial charge in [-0.2, -0.15) is 0 Å². The van der Waals surface area contributed by atoms with Crippen LogP contribution < -0.4 is 10.6 Å². The summed E-state index contributed by atoms with van der Waals surface area (Å²) in [4.78, 5) is 0. The third-order valence-electron chi connectivity index (χ3n) is 4.73. The summed E-state index contributed by atoms with van der Waals surface area (Å²) in [5.74, 6) is 0. The van der Waals surface area contributed by atoms with Crippen molar-refractivity contribution in [2.24, 2.45) is 0 Å². The molecule has 0 heterocycles. The third kappa shape index (κ3) is 5.41. The molecular weight excluding hydrogens is 428 g/mol. The van der Waals surface area contributed by atoms with Gasteiger partial charge in [-0.25, -0.2) is 0 Å². The van der Waals surface area contributed by atoms with Gasteiger partial charge in [-0.15, -0.1) is 0 Å². The van der Waals surface area contributed by atoms with E-state index in [0.717, 1.165) is 22.0 Å². The van der Waals surface area contributed by atoms with Crippen molar-refractivity contribution in [2.75, 3.05) is 0 Å². The van der Waals surface area contributed by atoms with Gasteiger partial charge in [0.25, 0.3) is 0 Å². The molecule has 0 aromatic heterocycles. The van der Waals surface area contributed by atoms with E-state index in [0.29, 0.717) is 12.1 Å². The van der Waals surface area contributed by atoms with Gasteiger partial charge in [0.15, 0.2) is 0 Å². The summed E-state index contributed by atoms with van der Waals surface area (Å²) in [6, 6.07) is 18.3. The molecule has 1 aliphatic carbocycles. The number of hydrogen-bond donors (Lipinski definition) is 2. The smallest absolute Gasteiger partial charge is 0.0224 e. The Hall–Kier alpha value is -0.680. The fourth-order valence-electron chi connectivity index (χ4n) is 3.32. The largest absolute Gasteiger partial charge is 0.308 e. The monoisotopic (exact) mass is 450 g/mol. The van der Waals surface area contributed by atoms with Crippen molar-refractivity contribution in [3.8, 4) is 0 Å². The van der Waals surface area contributed by atoms with Gasteiger partial charge in [0, 0.05) is 34.1 Å². The Labute approximate surface area is 161 Å². The number of rotatable bonds is 6. The zero-order chi connectivity index (χ0) is 16.8. The van der Waals surface area contributed by atoms with E-state index in [9.17, 15) is 0 Å². The minimum absolute atomic E-state index is 0.554. The van der Waals surface area contributed by atoms with Gasteiger partial charge in [-0.05, 0) is 48.2 Å². The summed E-state index contributed by atoms with van der Waals surface area (Å²) in [5.41, 5.74) is 2.69. The molecule has 2 atom stereocenters. The van der Waals surface area contributed by atoms with Crippen molar-refractivity contribution >= 4 is 31.9 Å². The van der Waals surface area contributed by atoms with Gasteiger partial charge in [0.05, 0.1) is 0 Å². The van der Waals surface area contributed by atoms with E-state index >= 15 is 0 Å². The second kappa shape index (κ2) is 9.14. The first kappa shape index (κ1) is 18.1. The second-order valence-electron chi connectivity index (χ2n) is 6.51. The molecule has 1 aliphatic rings. The molecule has 3 rings (SSSR count). The lowest BCUT2D eigenvalue weighted by Gasteiger charge is -2.33. The maximum Gasteiger partial charge on any atom is 0.0224 e. The van der Waals surface area contributed by atoms with Crippen LogP contribution in [-0.4, -0.2) is 12.1 Å². The summed E-state index contributed by atoms with van der Waals surface area (Å²) in [6.07, 6.45) is 5.17. The minimum Gasteiger partial charge on any atom is -0.308 e. The molecule has 2 aromatic carbocycles. The number of halogens is 2. The summed E-state index contributed by atoms with van der Waals surface area (Å²) >= 11 is 6.99. The number of nitrogens with one attached hydrogen (secondary N) is 2. The fraction of sp³-hybridized carbons (Fsp3) is 0.400. The lowest BCUT2D eigenvalue weighted by molar-refractivity contribution is 0.281. The van der Waals surface area contributed by atoms with E-state index in [4.69, 9.17) is 0 Å². The molecular formula is C20H24Br2N2. The minimum atomic E-state index is 0.554. The van der Waals surface area contributed by atoms with Gasteiger partial charge in [0.2, 0.25) is 0 Å². The van der Waals surface area contributed by atoms with Gasteiger partial charge in [-0.3, -0.25) is 0 Å². The first-order valence-corrected chi connectivity index (χ1v) is 10.2. The topological polar surface area (TPSA) is 24.1 Å². The molecule has 0 radical (unpaired) electrons. The van der Waals surface area contributed by atoms with Crippen molar-refractivity contribution in [3.63, 3.8) is 0 Å². The van der Waals surface area contributed by atoms with E-state index in [1.165, 1.54) is 36.8 Å². The van der Waals surface area contributed by atoms with Crippen molar-refractivity contribution in [3.05, 3.63) is 68.6 Å². The van der Waals surface area contributed by atoms with Crippen LogP contribution in [0.3, 0.4) is 0 Å². The molecule has 2 N–H and O–H groups in total. The summed E-state index contributed by atoms with van der Waals surface area (Å²) in [5, 5.41) is 7.54. The Morgan fingerprint density at radius 3 is 1.42 bits per heavy atom. The SMILES string of the molecule is Brc1ccc(CNC2CCCC[C@H]2NCc2ccc(Br)cc2)cc1. The van der Waals surface area contributed by atoms with Crippen LogP contribution in [0.1, 0.15) is 36.8 Å².